The van der Waals surface area contributed by atoms with Crippen LogP contribution in [0, 0.1) is 23.4 Å². The van der Waals surface area contributed by atoms with E-state index in [0.717, 1.165) is 44.6 Å². The molecule has 0 amide bonds. The summed E-state index contributed by atoms with van der Waals surface area (Å²) < 4.78 is 48.3. The molecule has 0 aliphatic heterocycles. The molecule has 1 N–H and O–H groups in total. The van der Waals surface area contributed by atoms with E-state index in [1.807, 2.05) is 0 Å². The van der Waals surface area contributed by atoms with Crippen molar-refractivity contribution in [2.24, 2.45) is 5.92 Å². The number of rotatable bonds is 9. The molecule has 0 aromatic heterocycles. The van der Waals surface area contributed by atoms with Gasteiger partial charge < -0.3 is 9.84 Å². The molecule has 1 saturated carbocycles. The normalized spacial score (nSPS) is 18.9. The van der Waals surface area contributed by atoms with Crippen molar-refractivity contribution < 1.29 is 23.0 Å². The lowest BCUT2D eigenvalue weighted by atomic mass is 9.76. The van der Waals surface area contributed by atoms with Crippen LogP contribution in [0.15, 0.2) is 43.0 Å². The van der Waals surface area contributed by atoms with Gasteiger partial charge in [0.25, 0.3) is 0 Å². The van der Waals surface area contributed by atoms with Gasteiger partial charge in [0.15, 0.2) is 11.6 Å². The fourth-order valence-corrected chi connectivity index (χ4v) is 4.24. The quantitative estimate of drug-likeness (QED) is 0.349. The van der Waals surface area contributed by atoms with Crippen LogP contribution in [0.4, 0.5) is 13.2 Å². The van der Waals surface area contributed by atoms with Crippen molar-refractivity contribution in [2.45, 2.75) is 57.3 Å². The molecule has 0 spiro atoms. The third-order valence-corrected chi connectivity index (χ3v) is 6.03. The zero-order chi connectivity index (χ0) is 21.5. The molecule has 0 atom stereocenters. The van der Waals surface area contributed by atoms with Gasteiger partial charge in [0, 0.05) is 6.07 Å². The number of allylic oxidation sites excluding steroid dienone is 1. The predicted octanol–water partition coefficient (Wildman–Crippen LogP) is 7.06. The summed E-state index contributed by atoms with van der Waals surface area (Å²) in [6.07, 6.45) is 8.11. The van der Waals surface area contributed by atoms with Crippen molar-refractivity contribution in [1.29, 1.82) is 0 Å². The number of hydrogen-bond acceptors (Lipinski definition) is 2. The summed E-state index contributed by atoms with van der Waals surface area (Å²) in [6, 6.07) is 7.44. The molecular weight excluding hydrogens is 389 g/mol. The molecule has 0 bridgehead atoms. The van der Waals surface area contributed by atoms with Crippen LogP contribution < -0.4 is 4.74 Å². The zero-order valence-corrected chi connectivity index (χ0v) is 17.2. The summed E-state index contributed by atoms with van der Waals surface area (Å²) in [5, 5.41) is 9.31. The molecule has 30 heavy (non-hydrogen) atoms. The van der Waals surface area contributed by atoms with E-state index in [-0.39, 0.29) is 23.2 Å². The van der Waals surface area contributed by atoms with Crippen molar-refractivity contribution in [3.63, 3.8) is 0 Å². The van der Waals surface area contributed by atoms with Crippen molar-refractivity contribution in [3.8, 4) is 11.5 Å². The smallest absolute Gasteiger partial charge is 0.200 e. The Morgan fingerprint density at radius 1 is 1.03 bits per heavy atom. The monoisotopic (exact) mass is 418 g/mol. The molecular formula is C25H29F3O2. The molecule has 1 aliphatic carbocycles. The van der Waals surface area contributed by atoms with Gasteiger partial charge in [0.1, 0.15) is 11.6 Å². The summed E-state index contributed by atoms with van der Waals surface area (Å²) in [5.74, 6) is -1.76. The van der Waals surface area contributed by atoms with Crippen molar-refractivity contribution in [1.82, 2.24) is 0 Å². The molecule has 0 saturated heterocycles. The van der Waals surface area contributed by atoms with Crippen LogP contribution in [0.1, 0.15) is 62.0 Å². The molecule has 1 aliphatic rings. The molecule has 2 nitrogen and oxygen atoms in total. The summed E-state index contributed by atoms with van der Waals surface area (Å²) in [7, 11) is 0. The topological polar surface area (TPSA) is 29.5 Å². The largest absolute Gasteiger partial charge is 0.508 e. The van der Waals surface area contributed by atoms with Gasteiger partial charge in [-0.15, -0.1) is 6.58 Å². The molecule has 162 valence electrons. The minimum atomic E-state index is -0.906. The first-order valence-electron chi connectivity index (χ1n) is 10.7. The Balaban J connectivity index is 1.53. The standard InChI is InChI=1S/C25H29F3O2/c1-2-3-4-15-30-23-14-13-21(24(27)25(23)28)18-8-5-17(6-9-18)7-10-19-11-12-20(29)16-22(19)26/h2,11-14,16-18,29H,1,3-10,15H2. The maximum absolute atomic E-state index is 14.6. The van der Waals surface area contributed by atoms with E-state index >= 15 is 0 Å². The van der Waals surface area contributed by atoms with Gasteiger partial charge >= 0.3 is 0 Å². The van der Waals surface area contributed by atoms with Crippen LogP contribution in [0.2, 0.25) is 0 Å². The van der Waals surface area contributed by atoms with E-state index in [1.165, 1.54) is 12.1 Å². The predicted molar refractivity (Wildman–Crippen MR) is 112 cm³/mol. The molecule has 0 radical (unpaired) electrons. The Hall–Kier alpha value is -2.43. The van der Waals surface area contributed by atoms with Crippen molar-refractivity contribution in [3.05, 3.63) is 71.6 Å². The molecule has 0 heterocycles. The zero-order valence-electron chi connectivity index (χ0n) is 17.2. The number of halogens is 3. The molecule has 2 aromatic carbocycles. The fraction of sp³-hybridized carbons (Fsp3) is 0.440. The number of hydrogen-bond donors (Lipinski definition) is 1. The average Bonchev–Trinajstić information content (AvgIpc) is 2.74. The second-order valence-corrected chi connectivity index (χ2v) is 8.09. The van der Waals surface area contributed by atoms with E-state index in [4.69, 9.17) is 4.74 Å². The summed E-state index contributed by atoms with van der Waals surface area (Å²) in [4.78, 5) is 0. The maximum atomic E-state index is 14.6. The maximum Gasteiger partial charge on any atom is 0.200 e. The van der Waals surface area contributed by atoms with Crippen molar-refractivity contribution >= 4 is 0 Å². The number of phenolic OH excluding ortho intramolecular Hbond substituents is 1. The third-order valence-electron chi connectivity index (χ3n) is 6.03. The van der Waals surface area contributed by atoms with E-state index in [9.17, 15) is 18.3 Å². The SMILES string of the molecule is C=CCCCOc1ccc(C2CCC(CCc3ccc(O)cc3F)CC2)c(F)c1F. The van der Waals surface area contributed by atoms with Crippen LogP contribution >= 0.6 is 0 Å². The van der Waals surface area contributed by atoms with Gasteiger partial charge in [-0.2, -0.15) is 4.39 Å². The highest BCUT2D eigenvalue weighted by Crippen LogP contribution is 2.40. The highest BCUT2D eigenvalue weighted by molar-refractivity contribution is 5.33. The summed E-state index contributed by atoms with van der Waals surface area (Å²) in [5.41, 5.74) is 1.03. The van der Waals surface area contributed by atoms with Gasteiger partial charge in [-0.3, -0.25) is 0 Å². The van der Waals surface area contributed by atoms with E-state index in [2.05, 4.69) is 6.58 Å². The lowest BCUT2D eigenvalue weighted by Gasteiger charge is -2.29. The number of phenols is 1. The third kappa shape index (κ3) is 5.59. The highest BCUT2D eigenvalue weighted by atomic mass is 19.2. The Bertz CT molecular complexity index is 858. The second-order valence-electron chi connectivity index (χ2n) is 8.09. The lowest BCUT2D eigenvalue weighted by molar-refractivity contribution is 0.284. The Labute approximate surface area is 176 Å². The number of benzene rings is 2. The van der Waals surface area contributed by atoms with Crippen LogP contribution in [0.25, 0.3) is 0 Å². The van der Waals surface area contributed by atoms with E-state index in [0.29, 0.717) is 36.5 Å². The van der Waals surface area contributed by atoms with Gasteiger partial charge in [0.2, 0.25) is 5.82 Å². The van der Waals surface area contributed by atoms with Gasteiger partial charge in [0.05, 0.1) is 6.61 Å². The van der Waals surface area contributed by atoms with Gasteiger partial charge in [-0.25, -0.2) is 8.78 Å². The highest BCUT2D eigenvalue weighted by Gasteiger charge is 2.26. The molecule has 2 aromatic rings. The minimum absolute atomic E-state index is 0.00373. The first-order chi connectivity index (χ1) is 14.5. The van der Waals surface area contributed by atoms with Gasteiger partial charge in [-0.1, -0.05) is 18.2 Å². The number of aromatic hydroxyl groups is 1. The van der Waals surface area contributed by atoms with Gasteiger partial charge in [-0.05, 0) is 86.5 Å². The first kappa shape index (κ1) is 22.3. The molecule has 5 heteroatoms. The first-order valence-corrected chi connectivity index (χ1v) is 10.7. The Morgan fingerprint density at radius 3 is 2.50 bits per heavy atom. The van der Waals surface area contributed by atoms with Crippen LogP contribution in [0.3, 0.4) is 0 Å². The molecule has 0 unspecified atom stereocenters. The van der Waals surface area contributed by atoms with Crippen LogP contribution in [0.5, 0.6) is 11.5 Å². The van der Waals surface area contributed by atoms with E-state index < -0.39 is 11.6 Å². The van der Waals surface area contributed by atoms with E-state index in [1.54, 1.807) is 18.2 Å². The average molecular weight is 418 g/mol. The van der Waals surface area contributed by atoms with Crippen LogP contribution in [-0.2, 0) is 6.42 Å². The number of aryl methyl sites for hydroxylation is 1. The second kappa shape index (κ2) is 10.6. The summed E-state index contributed by atoms with van der Waals surface area (Å²) >= 11 is 0. The number of ether oxygens (including phenoxy) is 1. The minimum Gasteiger partial charge on any atom is -0.508 e. The molecule has 1 fully saturated rings. The molecule has 3 rings (SSSR count). The number of unbranched alkanes of at least 4 members (excludes halogenated alkanes) is 1. The van der Waals surface area contributed by atoms with Crippen molar-refractivity contribution in [2.75, 3.05) is 6.61 Å². The Morgan fingerprint density at radius 2 is 1.80 bits per heavy atom. The summed E-state index contributed by atoms with van der Waals surface area (Å²) in [6.45, 7) is 3.95. The van der Waals surface area contributed by atoms with Crippen LogP contribution in [-0.4, -0.2) is 11.7 Å². The Kier molecular flexibility index (Phi) is 7.83. The lowest BCUT2D eigenvalue weighted by Crippen LogP contribution is -2.16. The fourth-order valence-electron chi connectivity index (χ4n) is 4.24.